The van der Waals surface area contributed by atoms with Crippen molar-refractivity contribution in [2.24, 2.45) is 0 Å². The molecule has 0 spiro atoms. The molecule has 0 aliphatic rings. The molecule has 6 heteroatoms. The van der Waals surface area contributed by atoms with Crippen LogP contribution in [0.3, 0.4) is 0 Å². The Morgan fingerprint density at radius 3 is 2.29 bits per heavy atom. The van der Waals surface area contributed by atoms with E-state index in [-0.39, 0.29) is 16.3 Å². The van der Waals surface area contributed by atoms with Gasteiger partial charge in [-0.25, -0.2) is 18.2 Å². The van der Waals surface area contributed by atoms with Crippen molar-refractivity contribution in [2.75, 3.05) is 0 Å². The zero-order chi connectivity index (χ0) is 15.0. The van der Waals surface area contributed by atoms with Crippen molar-refractivity contribution < 1.29 is 13.2 Å². The summed E-state index contributed by atoms with van der Waals surface area (Å²) in [6.07, 6.45) is 2.79. The highest BCUT2D eigenvalue weighted by atomic mass is 35.5. The topological polar surface area (TPSA) is 17.8 Å². The number of imidazole rings is 1. The van der Waals surface area contributed by atoms with Gasteiger partial charge in [0.05, 0.1) is 28.8 Å². The molecule has 0 fully saturated rings. The second-order valence-corrected chi connectivity index (χ2v) is 4.72. The molecule has 2 aromatic carbocycles. The lowest BCUT2D eigenvalue weighted by Gasteiger charge is -2.11. The second-order valence-electron chi connectivity index (χ2n) is 4.34. The zero-order valence-corrected chi connectivity index (χ0v) is 11.3. The monoisotopic (exact) mass is 308 g/mol. The molecule has 0 amide bonds. The normalized spacial score (nSPS) is 10.9. The van der Waals surface area contributed by atoms with Crippen molar-refractivity contribution in [1.29, 1.82) is 0 Å². The lowest BCUT2D eigenvalue weighted by molar-refractivity contribution is 0.602. The van der Waals surface area contributed by atoms with Crippen LogP contribution in [0.4, 0.5) is 13.2 Å². The summed E-state index contributed by atoms with van der Waals surface area (Å²) in [6.45, 7) is 0. The first-order chi connectivity index (χ1) is 10.1. The fourth-order valence-electron chi connectivity index (χ4n) is 2.05. The highest BCUT2D eigenvalue weighted by Crippen LogP contribution is 2.33. The number of rotatable bonds is 2. The number of hydrogen-bond donors (Lipinski definition) is 0. The summed E-state index contributed by atoms with van der Waals surface area (Å²) in [5, 5.41) is -0.320. The van der Waals surface area contributed by atoms with Gasteiger partial charge in [-0.3, -0.25) is 4.57 Å². The Bertz CT molecular complexity index is 797. The van der Waals surface area contributed by atoms with Crippen molar-refractivity contribution in [3.63, 3.8) is 0 Å². The highest BCUT2D eigenvalue weighted by Gasteiger charge is 2.18. The van der Waals surface area contributed by atoms with E-state index in [9.17, 15) is 13.2 Å². The van der Waals surface area contributed by atoms with Gasteiger partial charge in [-0.15, -0.1) is 0 Å². The van der Waals surface area contributed by atoms with Crippen LogP contribution in [0.5, 0.6) is 0 Å². The average molecular weight is 309 g/mol. The molecule has 21 heavy (non-hydrogen) atoms. The molecular weight excluding hydrogens is 301 g/mol. The Kier molecular flexibility index (Phi) is 3.43. The molecule has 0 aliphatic heterocycles. The molecule has 1 heterocycles. The molecule has 0 saturated carbocycles. The van der Waals surface area contributed by atoms with Crippen LogP contribution in [-0.2, 0) is 0 Å². The minimum Gasteiger partial charge on any atom is -0.299 e. The van der Waals surface area contributed by atoms with E-state index in [0.717, 1.165) is 12.1 Å². The van der Waals surface area contributed by atoms with E-state index in [2.05, 4.69) is 4.98 Å². The fourth-order valence-corrected chi connectivity index (χ4v) is 2.30. The summed E-state index contributed by atoms with van der Waals surface area (Å²) in [5.41, 5.74) is 0.755. The highest BCUT2D eigenvalue weighted by molar-refractivity contribution is 6.33. The van der Waals surface area contributed by atoms with Crippen LogP contribution in [0.15, 0.2) is 48.9 Å². The molecule has 3 aromatic rings. The summed E-state index contributed by atoms with van der Waals surface area (Å²) in [5.74, 6) is -1.78. The SMILES string of the molecule is Fc1ccc(-n2cncc2-c2c(F)ccc(F)c2Cl)cc1. The lowest BCUT2D eigenvalue weighted by Crippen LogP contribution is -1.98. The molecule has 106 valence electrons. The Labute approximate surface area is 123 Å². The van der Waals surface area contributed by atoms with Gasteiger partial charge in [-0.05, 0) is 36.4 Å². The quantitative estimate of drug-likeness (QED) is 0.632. The Morgan fingerprint density at radius 2 is 1.57 bits per heavy atom. The molecule has 1 aromatic heterocycles. The number of aromatic nitrogens is 2. The maximum Gasteiger partial charge on any atom is 0.142 e. The van der Waals surface area contributed by atoms with Gasteiger partial charge in [0.15, 0.2) is 0 Å². The molecule has 0 bridgehead atoms. The van der Waals surface area contributed by atoms with Crippen LogP contribution < -0.4 is 0 Å². The average Bonchev–Trinajstić information content (AvgIpc) is 2.93. The standard InChI is InChI=1S/C15H8ClF3N2/c16-15-12(19)6-5-11(18)14(15)13-7-20-8-21(13)10-3-1-9(17)2-4-10/h1-8H. The van der Waals surface area contributed by atoms with Gasteiger partial charge in [-0.2, -0.15) is 0 Å². The summed E-state index contributed by atoms with van der Waals surface area (Å²) >= 11 is 5.86. The van der Waals surface area contributed by atoms with Crippen LogP contribution in [-0.4, -0.2) is 9.55 Å². The molecular formula is C15H8ClF3N2. The predicted molar refractivity (Wildman–Crippen MR) is 73.9 cm³/mol. The molecule has 0 unspecified atom stereocenters. The van der Waals surface area contributed by atoms with Crippen LogP contribution >= 0.6 is 11.6 Å². The third-order valence-electron chi connectivity index (χ3n) is 3.04. The summed E-state index contributed by atoms with van der Waals surface area (Å²) in [6, 6.07) is 7.50. The van der Waals surface area contributed by atoms with E-state index in [1.807, 2.05) is 0 Å². The van der Waals surface area contributed by atoms with Gasteiger partial charge in [0.2, 0.25) is 0 Å². The molecule has 3 rings (SSSR count). The van der Waals surface area contributed by atoms with Gasteiger partial charge < -0.3 is 0 Å². The number of halogens is 4. The Morgan fingerprint density at radius 1 is 0.905 bits per heavy atom. The maximum absolute atomic E-state index is 14.0. The van der Waals surface area contributed by atoms with Crippen LogP contribution in [0, 0.1) is 17.5 Å². The number of nitrogens with zero attached hydrogens (tertiary/aromatic N) is 2. The van der Waals surface area contributed by atoms with Gasteiger partial charge in [0.1, 0.15) is 17.5 Å². The Hall–Kier alpha value is -2.27. The molecule has 2 nitrogen and oxygen atoms in total. The summed E-state index contributed by atoms with van der Waals surface area (Å²) < 4.78 is 42.0. The molecule has 0 N–H and O–H groups in total. The van der Waals surface area contributed by atoms with Gasteiger partial charge in [-0.1, -0.05) is 11.6 Å². The first-order valence-electron chi connectivity index (χ1n) is 6.00. The molecule has 0 radical (unpaired) electrons. The zero-order valence-electron chi connectivity index (χ0n) is 10.5. The van der Waals surface area contributed by atoms with E-state index in [1.54, 1.807) is 0 Å². The Balaban J connectivity index is 2.20. The minimum atomic E-state index is -0.722. The minimum absolute atomic E-state index is 0.0847. The third kappa shape index (κ3) is 2.40. The van der Waals surface area contributed by atoms with E-state index in [4.69, 9.17) is 11.6 Å². The van der Waals surface area contributed by atoms with E-state index in [1.165, 1.54) is 41.4 Å². The van der Waals surface area contributed by atoms with Crippen molar-refractivity contribution in [2.45, 2.75) is 0 Å². The van der Waals surface area contributed by atoms with Gasteiger partial charge in [0.25, 0.3) is 0 Å². The number of hydrogen-bond acceptors (Lipinski definition) is 1. The van der Waals surface area contributed by atoms with Gasteiger partial charge >= 0.3 is 0 Å². The van der Waals surface area contributed by atoms with Crippen molar-refractivity contribution in [3.05, 3.63) is 71.4 Å². The predicted octanol–water partition coefficient (Wildman–Crippen LogP) is 4.61. The van der Waals surface area contributed by atoms with Gasteiger partial charge in [0, 0.05) is 5.69 Å². The number of benzene rings is 2. The molecule has 0 atom stereocenters. The molecule has 0 aliphatic carbocycles. The largest absolute Gasteiger partial charge is 0.299 e. The van der Waals surface area contributed by atoms with Crippen molar-refractivity contribution in [3.8, 4) is 16.9 Å². The van der Waals surface area contributed by atoms with Crippen LogP contribution in [0.25, 0.3) is 16.9 Å². The van der Waals surface area contributed by atoms with E-state index in [0.29, 0.717) is 5.69 Å². The summed E-state index contributed by atoms with van der Waals surface area (Å²) in [7, 11) is 0. The fraction of sp³-hybridized carbons (Fsp3) is 0. The first kappa shape index (κ1) is 13.7. The third-order valence-corrected chi connectivity index (χ3v) is 3.41. The van der Waals surface area contributed by atoms with Crippen LogP contribution in [0.2, 0.25) is 5.02 Å². The van der Waals surface area contributed by atoms with E-state index < -0.39 is 17.5 Å². The van der Waals surface area contributed by atoms with Crippen molar-refractivity contribution >= 4 is 11.6 Å². The summed E-state index contributed by atoms with van der Waals surface area (Å²) in [4.78, 5) is 3.93. The second kappa shape index (κ2) is 5.26. The van der Waals surface area contributed by atoms with E-state index >= 15 is 0 Å². The molecule has 0 saturated heterocycles. The maximum atomic E-state index is 14.0. The van der Waals surface area contributed by atoms with Crippen molar-refractivity contribution in [1.82, 2.24) is 9.55 Å². The van der Waals surface area contributed by atoms with Crippen LogP contribution in [0.1, 0.15) is 0 Å². The lowest BCUT2D eigenvalue weighted by atomic mass is 10.1. The smallest absolute Gasteiger partial charge is 0.142 e. The first-order valence-corrected chi connectivity index (χ1v) is 6.38.